The van der Waals surface area contributed by atoms with Gasteiger partial charge in [-0.2, -0.15) is 0 Å². The molecule has 0 spiro atoms. The summed E-state index contributed by atoms with van der Waals surface area (Å²) in [6.45, 7) is 0. The number of hydrogen-bond donors (Lipinski definition) is 0. The van der Waals surface area contributed by atoms with Gasteiger partial charge in [-0.1, -0.05) is 0 Å². The average molecular weight is 287 g/mol. The third-order valence-electron chi connectivity index (χ3n) is 0. The van der Waals surface area contributed by atoms with Gasteiger partial charge >= 0.3 is 0 Å². The molecule has 0 aromatic rings. The smallest absolute Gasteiger partial charge is 0 e. The zero-order chi connectivity index (χ0) is 0. The standard InChI is InChI=1S/4ClH.Nb.Ti/h4*1H;;. The summed E-state index contributed by atoms with van der Waals surface area (Å²) in [7, 11) is 0. The molecule has 0 rings (SSSR count). The van der Waals surface area contributed by atoms with Crippen molar-refractivity contribution in [3.05, 3.63) is 0 Å². The first-order valence-corrected chi connectivity index (χ1v) is 0. The predicted octanol–water partition coefficient (Wildman–Crippen LogP) is 1.68. The SMILES string of the molecule is Cl.Cl.Cl.Cl.[Nb].[Ti]. The van der Waals surface area contributed by atoms with Gasteiger partial charge < -0.3 is 0 Å². The first-order valence-electron chi connectivity index (χ1n) is 0. The summed E-state index contributed by atoms with van der Waals surface area (Å²) in [6, 6.07) is 0. The van der Waals surface area contributed by atoms with Gasteiger partial charge in [0.2, 0.25) is 0 Å². The molecule has 0 bridgehead atoms. The fraction of sp³-hybridized carbons (Fsp3) is 0. The van der Waals surface area contributed by atoms with E-state index in [0.29, 0.717) is 0 Å². The van der Waals surface area contributed by atoms with E-state index < -0.39 is 0 Å². The van der Waals surface area contributed by atoms with Crippen molar-refractivity contribution in [3.63, 3.8) is 0 Å². The summed E-state index contributed by atoms with van der Waals surface area (Å²) in [5.41, 5.74) is 0. The molecule has 0 heterocycles. The van der Waals surface area contributed by atoms with Crippen LogP contribution in [0.25, 0.3) is 0 Å². The van der Waals surface area contributed by atoms with E-state index in [0.717, 1.165) is 0 Å². The van der Waals surface area contributed by atoms with Gasteiger partial charge in [0.15, 0.2) is 0 Å². The van der Waals surface area contributed by atoms with Crippen LogP contribution in [0.3, 0.4) is 0 Å². The molecule has 0 aromatic carbocycles. The third-order valence-corrected chi connectivity index (χ3v) is 0. The van der Waals surface area contributed by atoms with E-state index in [2.05, 4.69) is 0 Å². The molecule has 0 aliphatic rings. The Kier molecular flexibility index (Phi) is 594. The van der Waals surface area contributed by atoms with E-state index in [-0.39, 0.29) is 93.7 Å². The van der Waals surface area contributed by atoms with E-state index in [4.69, 9.17) is 0 Å². The fourth-order valence-corrected chi connectivity index (χ4v) is 0. The first kappa shape index (κ1) is 73.1. The monoisotopic (exact) mass is 285 g/mol. The van der Waals surface area contributed by atoms with Crippen LogP contribution < -0.4 is 0 Å². The van der Waals surface area contributed by atoms with Crippen LogP contribution in [0, 0.1) is 0 Å². The van der Waals surface area contributed by atoms with Crippen molar-refractivity contribution >= 4 is 49.6 Å². The van der Waals surface area contributed by atoms with Crippen molar-refractivity contribution in [3.8, 4) is 0 Å². The van der Waals surface area contributed by atoms with Crippen molar-refractivity contribution in [2.75, 3.05) is 0 Å². The summed E-state index contributed by atoms with van der Waals surface area (Å²) < 4.78 is 0. The largest absolute Gasteiger partial charge is 0.147 e. The van der Waals surface area contributed by atoms with Gasteiger partial charge in [0.25, 0.3) is 0 Å². The molecule has 6 heavy (non-hydrogen) atoms. The Morgan fingerprint density at radius 1 is 0.500 bits per heavy atom. The molecule has 0 nitrogen and oxygen atoms in total. The van der Waals surface area contributed by atoms with Gasteiger partial charge in [-0.3, -0.25) is 0 Å². The van der Waals surface area contributed by atoms with Crippen molar-refractivity contribution in [1.29, 1.82) is 0 Å². The Labute approximate surface area is 92.6 Å². The molecule has 0 unspecified atom stereocenters. The molecule has 0 atom stereocenters. The molecule has 0 aliphatic heterocycles. The van der Waals surface area contributed by atoms with Gasteiger partial charge in [-0.25, -0.2) is 0 Å². The Morgan fingerprint density at radius 2 is 0.500 bits per heavy atom. The van der Waals surface area contributed by atoms with Gasteiger partial charge in [-0.05, 0) is 0 Å². The van der Waals surface area contributed by atoms with Crippen molar-refractivity contribution in [2.45, 2.75) is 0 Å². The molecule has 0 aliphatic carbocycles. The second-order valence-electron chi connectivity index (χ2n) is 0. The van der Waals surface area contributed by atoms with E-state index in [1.165, 1.54) is 0 Å². The zero-order valence-electron chi connectivity index (χ0n) is 2.58. The minimum Gasteiger partial charge on any atom is -0.147 e. The maximum absolute atomic E-state index is 0. The van der Waals surface area contributed by atoms with Gasteiger partial charge in [-0.15, -0.1) is 49.6 Å². The molecule has 6 heteroatoms. The first-order chi connectivity index (χ1) is 0. The Balaban J connectivity index is 0. The van der Waals surface area contributed by atoms with Crippen LogP contribution in [0.5, 0.6) is 0 Å². The predicted molar refractivity (Wildman–Crippen MR) is 29.0 cm³/mol. The number of hydrogen-bond acceptors (Lipinski definition) is 0. The third kappa shape index (κ3) is 30.5. The Morgan fingerprint density at radius 3 is 0.500 bits per heavy atom. The van der Waals surface area contributed by atoms with Crippen LogP contribution in [0.15, 0.2) is 0 Å². The van der Waals surface area contributed by atoms with Crippen molar-refractivity contribution in [2.24, 2.45) is 0 Å². The van der Waals surface area contributed by atoms with E-state index in [1.54, 1.807) is 0 Å². The van der Waals surface area contributed by atoms with Crippen LogP contribution in [-0.2, 0) is 44.1 Å². The van der Waals surface area contributed by atoms with E-state index >= 15 is 0 Å². The molecular weight excluding hydrogens is 283 g/mol. The van der Waals surface area contributed by atoms with Crippen LogP contribution >= 0.6 is 49.6 Å². The number of rotatable bonds is 0. The van der Waals surface area contributed by atoms with E-state index in [9.17, 15) is 0 Å². The number of halogens is 4. The molecule has 0 saturated heterocycles. The van der Waals surface area contributed by atoms with Gasteiger partial charge in [0, 0.05) is 44.1 Å². The van der Waals surface area contributed by atoms with Crippen molar-refractivity contribution < 1.29 is 44.1 Å². The van der Waals surface area contributed by atoms with Crippen LogP contribution in [0.4, 0.5) is 0 Å². The average Bonchev–Trinajstić information content (AvgIpc) is 0. The quantitative estimate of drug-likeness (QED) is 0.595. The summed E-state index contributed by atoms with van der Waals surface area (Å²) >= 11 is 0. The minimum absolute atomic E-state index is 0. The maximum atomic E-state index is 0. The van der Waals surface area contributed by atoms with Gasteiger partial charge in [0.05, 0.1) is 0 Å². The molecule has 0 fully saturated rings. The van der Waals surface area contributed by atoms with Crippen LogP contribution in [-0.4, -0.2) is 0 Å². The zero-order valence-corrected chi connectivity index (χ0v) is 9.61. The maximum Gasteiger partial charge on any atom is 0 e. The van der Waals surface area contributed by atoms with Crippen LogP contribution in [0.1, 0.15) is 0 Å². The molecule has 0 amide bonds. The molecule has 1 radical (unpaired) electrons. The second kappa shape index (κ2) is 48.7. The van der Waals surface area contributed by atoms with Gasteiger partial charge in [0.1, 0.15) is 0 Å². The second-order valence-corrected chi connectivity index (χ2v) is 0. The Hall–Kier alpha value is 2.61. The topological polar surface area (TPSA) is 0 Å². The molecule has 41 valence electrons. The molecule has 0 aromatic heterocycles. The summed E-state index contributed by atoms with van der Waals surface area (Å²) in [4.78, 5) is 0. The van der Waals surface area contributed by atoms with Crippen LogP contribution in [0.2, 0.25) is 0 Å². The fourth-order valence-electron chi connectivity index (χ4n) is 0. The molecule has 0 saturated carbocycles. The molecule has 0 N–H and O–H groups in total. The minimum atomic E-state index is 0. The summed E-state index contributed by atoms with van der Waals surface area (Å²) in [5.74, 6) is 0. The summed E-state index contributed by atoms with van der Waals surface area (Å²) in [6.07, 6.45) is 0. The molecular formula is H4Cl4NbTi. The van der Waals surface area contributed by atoms with Crippen molar-refractivity contribution in [1.82, 2.24) is 0 Å². The summed E-state index contributed by atoms with van der Waals surface area (Å²) in [5, 5.41) is 0. The normalized spacial score (nSPS) is 0. The van der Waals surface area contributed by atoms with E-state index in [1.807, 2.05) is 0 Å². The Bertz CT molecular complexity index is 7.51.